The van der Waals surface area contributed by atoms with E-state index in [1.165, 1.54) is 6.07 Å². The van der Waals surface area contributed by atoms with E-state index in [-0.39, 0.29) is 17.3 Å². The number of anilines is 1. The first kappa shape index (κ1) is 23.3. The van der Waals surface area contributed by atoms with Gasteiger partial charge in [0, 0.05) is 38.3 Å². The quantitative estimate of drug-likeness (QED) is 0.573. The van der Waals surface area contributed by atoms with Crippen molar-refractivity contribution in [1.29, 1.82) is 0 Å². The second-order valence-corrected chi connectivity index (χ2v) is 10.2. The van der Waals surface area contributed by atoms with Crippen LogP contribution in [0.1, 0.15) is 21.5 Å². The number of aryl methyl sites for hydroxylation is 1. The summed E-state index contributed by atoms with van der Waals surface area (Å²) in [4.78, 5) is 17.2. The Labute approximate surface area is 199 Å². The first-order valence-electron chi connectivity index (χ1n) is 10.8. The number of sulfonamides is 1. The standard InChI is InChI=1S/C25H26ClN3O3S/c1-19-11-12-21(17-24(19)33(31,32)27-18-20-7-3-2-4-8-20)25(30)29-15-13-28(14-16-29)23-10-6-5-9-22(23)26/h2-12,17,27H,13-16,18H2,1H3. The second kappa shape index (κ2) is 9.95. The molecule has 1 amide bonds. The van der Waals surface area contributed by atoms with Crippen molar-refractivity contribution in [3.63, 3.8) is 0 Å². The fraction of sp³-hybridized carbons (Fsp3) is 0.240. The van der Waals surface area contributed by atoms with Crippen molar-refractivity contribution in [2.45, 2.75) is 18.4 Å². The van der Waals surface area contributed by atoms with Crippen molar-refractivity contribution in [3.8, 4) is 0 Å². The van der Waals surface area contributed by atoms with Gasteiger partial charge >= 0.3 is 0 Å². The topological polar surface area (TPSA) is 69.7 Å². The number of rotatable bonds is 6. The van der Waals surface area contributed by atoms with Gasteiger partial charge < -0.3 is 9.80 Å². The average molecular weight is 484 g/mol. The maximum absolute atomic E-state index is 13.1. The Bertz CT molecular complexity index is 1240. The van der Waals surface area contributed by atoms with Crippen LogP contribution in [0.3, 0.4) is 0 Å². The summed E-state index contributed by atoms with van der Waals surface area (Å²) >= 11 is 6.31. The van der Waals surface area contributed by atoms with Gasteiger partial charge in [-0.05, 0) is 42.3 Å². The van der Waals surface area contributed by atoms with Crippen LogP contribution in [-0.4, -0.2) is 45.4 Å². The van der Waals surface area contributed by atoms with E-state index in [0.717, 1.165) is 11.3 Å². The number of para-hydroxylation sites is 1. The predicted octanol–water partition coefficient (Wildman–Crippen LogP) is 4.09. The highest BCUT2D eigenvalue weighted by Gasteiger charge is 2.25. The van der Waals surface area contributed by atoms with Gasteiger partial charge in [-0.1, -0.05) is 60.1 Å². The number of hydrogen-bond donors (Lipinski definition) is 1. The first-order chi connectivity index (χ1) is 15.8. The van der Waals surface area contributed by atoms with E-state index in [1.54, 1.807) is 24.0 Å². The van der Waals surface area contributed by atoms with Crippen molar-refractivity contribution in [2.24, 2.45) is 0 Å². The summed E-state index contributed by atoms with van der Waals surface area (Å²) in [7, 11) is -3.77. The van der Waals surface area contributed by atoms with Gasteiger partial charge in [-0.3, -0.25) is 4.79 Å². The van der Waals surface area contributed by atoms with Gasteiger partial charge in [0.1, 0.15) is 0 Å². The molecule has 172 valence electrons. The molecule has 1 aliphatic heterocycles. The Kier molecular flexibility index (Phi) is 7.02. The number of carbonyl (C=O) groups excluding carboxylic acids is 1. The Balaban J connectivity index is 1.46. The number of carbonyl (C=O) groups is 1. The molecule has 3 aromatic rings. The van der Waals surface area contributed by atoms with E-state index >= 15 is 0 Å². The summed E-state index contributed by atoms with van der Waals surface area (Å²) in [5.74, 6) is -0.173. The molecule has 0 saturated carbocycles. The summed E-state index contributed by atoms with van der Waals surface area (Å²) in [5.41, 5.74) is 2.78. The minimum absolute atomic E-state index is 0.124. The number of hydrogen-bond acceptors (Lipinski definition) is 4. The van der Waals surface area contributed by atoms with Crippen molar-refractivity contribution in [3.05, 3.63) is 94.5 Å². The molecule has 0 bridgehead atoms. The molecule has 1 saturated heterocycles. The molecule has 3 aromatic carbocycles. The maximum Gasteiger partial charge on any atom is 0.254 e. The van der Waals surface area contributed by atoms with Gasteiger partial charge in [0.2, 0.25) is 10.0 Å². The van der Waals surface area contributed by atoms with E-state index in [0.29, 0.717) is 42.3 Å². The zero-order valence-electron chi connectivity index (χ0n) is 18.4. The maximum atomic E-state index is 13.1. The SMILES string of the molecule is Cc1ccc(C(=O)N2CCN(c3ccccc3Cl)CC2)cc1S(=O)(=O)NCc1ccccc1. The van der Waals surface area contributed by atoms with Crippen LogP contribution < -0.4 is 9.62 Å². The van der Waals surface area contributed by atoms with E-state index in [4.69, 9.17) is 11.6 Å². The van der Waals surface area contributed by atoms with Crippen LogP contribution in [0.5, 0.6) is 0 Å². The molecule has 0 radical (unpaired) electrons. The van der Waals surface area contributed by atoms with Crippen molar-refractivity contribution in [1.82, 2.24) is 9.62 Å². The molecule has 1 aliphatic rings. The summed E-state index contributed by atoms with van der Waals surface area (Å²) < 4.78 is 28.5. The van der Waals surface area contributed by atoms with Gasteiger partial charge in [0.15, 0.2) is 0 Å². The molecule has 0 aromatic heterocycles. The van der Waals surface area contributed by atoms with Crippen molar-refractivity contribution >= 4 is 33.2 Å². The summed E-state index contributed by atoms with van der Waals surface area (Å²) in [6, 6.07) is 21.8. The lowest BCUT2D eigenvalue weighted by Crippen LogP contribution is -2.48. The molecular formula is C25H26ClN3O3S. The van der Waals surface area contributed by atoms with Gasteiger partial charge in [-0.25, -0.2) is 13.1 Å². The molecule has 6 nitrogen and oxygen atoms in total. The number of amides is 1. The van der Waals surface area contributed by atoms with Crippen molar-refractivity contribution in [2.75, 3.05) is 31.1 Å². The highest BCUT2D eigenvalue weighted by Crippen LogP contribution is 2.26. The number of nitrogens with zero attached hydrogens (tertiary/aromatic N) is 2. The lowest BCUT2D eigenvalue weighted by molar-refractivity contribution is 0.0746. The molecule has 0 aliphatic carbocycles. The number of halogens is 1. The lowest BCUT2D eigenvalue weighted by Gasteiger charge is -2.36. The van der Waals surface area contributed by atoms with E-state index in [1.807, 2.05) is 54.6 Å². The molecule has 33 heavy (non-hydrogen) atoms. The smallest absolute Gasteiger partial charge is 0.254 e. The molecule has 0 spiro atoms. The highest BCUT2D eigenvalue weighted by atomic mass is 35.5. The Morgan fingerprint density at radius 3 is 2.30 bits per heavy atom. The molecule has 4 rings (SSSR count). The fourth-order valence-electron chi connectivity index (χ4n) is 3.92. The van der Waals surface area contributed by atoms with Crippen LogP contribution in [-0.2, 0) is 16.6 Å². The van der Waals surface area contributed by atoms with Crippen LogP contribution >= 0.6 is 11.6 Å². The third-order valence-electron chi connectivity index (χ3n) is 5.79. The molecule has 1 fully saturated rings. The monoisotopic (exact) mass is 483 g/mol. The van der Waals surface area contributed by atoms with Crippen LogP contribution in [0.15, 0.2) is 77.7 Å². The minimum atomic E-state index is -3.77. The fourth-order valence-corrected chi connectivity index (χ4v) is 5.46. The zero-order chi connectivity index (χ0) is 23.4. The van der Waals surface area contributed by atoms with Gasteiger partial charge in [-0.15, -0.1) is 0 Å². The van der Waals surface area contributed by atoms with Crippen LogP contribution in [0.4, 0.5) is 5.69 Å². The van der Waals surface area contributed by atoms with Gasteiger partial charge in [0.25, 0.3) is 5.91 Å². The minimum Gasteiger partial charge on any atom is -0.367 e. The number of benzene rings is 3. The molecule has 0 atom stereocenters. The summed E-state index contributed by atoms with van der Waals surface area (Å²) in [6.45, 7) is 4.30. The Morgan fingerprint density at radius 1 is 0.939 bits per heavy atom. The average Bonchev–Trinajstić information content (AvgIpc) is 2.84. The van der Waals surface area contributed by atoms with E-state index < -0.39 is 10.0 Å². The largest absolute Gasteiger partial charge is 0.367 e. The van der Waals surface area contributed by atoms with E-state index in [9.17, 15) is 13.2 Å². The third kappa shape index (κ3) is 5.38. The molecule has 8 heteroatoms. The zero-order valence-corrected chi connectivity index (χ0v) is 19.9. The number of piperazine rings is 1. The lowest BCUT2D eigenvalue weighted by atomic mass is 10.1. The van der Waals surface area contributed by atoms with Crippen LogP contribution in [0.25, 0.3) is 0 Å². The Hall–Kier alpha value is -2.87. The van der Waals surface area contributed by atoms with Gasteiger partial charge in [0.05, 0.1) is 15.6 Å². The Morgan fingerprint density at radius 2 is 1.61 bits per heavy atom. The highest BCUT2D eigenvalue weighted by molar-refractivity contribution is 7.89. The molecule has 1 heterocycles. The summed E-state index contributed by atoms with van der Waals surface area (Å²) in [5, 5.41) is 0.689. The van der Waals surface area contributed by atoms with Crippen molar-refractivity contribution < 1.29 is 13.2 Å². The predicted molar refractivity (Wildman–Crippen MR) is 131 cm³/mol. The number of nitrogens with one attached hydrogen (secondary N) is 1. The van der Waals surface area contributed by atoms with Crippen LogP contribution in [0, 0.1) is 6.92 Å². The normalized spacial score (nSPS) is 14.4. The van der Waals surface area contributed by atoms with Crippen LogP contribution in [0.2, 0.25) is 5.02 Å². The van der Waals surface area contributed by atoms with E-state index in [2.05, 4.69) is 9.62 Å². The first-order valence-corrected chi connectivity index (χ1v) is 12.6. The third-order valence-corrected chi connectivity index (χ3v) is 7.66. The molecular weight excluding hydrogens is 458 g/mol. The van der Waals surface area contributed by atoms with Gasteiger partial charge in [-0.2, -0.15) is 0 Å². The molecule has 1 N–H and O–H groups in total. The second-order valence-electron chi connectivity index (χ2n) is 8.02. The summed E-state index contributed by atoms with van der Waals surface area (Å²) in [6.07, 6.45) is 0. The molecule has 0 unspecified atom stereocenters.